The highest BCUT2D eigenvalue weighted by Gasteiger charge is 2.35. The quantitative estimate of drug-likeness (QED) is 0.794. The standard InChI is InChI=1S/C16H32N2O/c1-4-14-12-19-13(3)11-18(14)16-10-8-6-7-9-15(16)17-5-2/h13-17H,4-12H2,1-3H3. The van der Waals surface area contributed by atoms with E-state index in [1.54, 1.807) is 0 Å². The Balaban J connectivity index is 2.08. The van der Waals surface area contributed by atoms with E-state index in [-0.39, 0.29) is 0 Å². The number of likely N-dealkylation sites (N-methyl/N-ethyl adjacent to an activating group) is 1. The maximum atomic E-state index is 5.87. The fourth-order valence-electron chi connectivity index (χ4n) is 3.81. The average Bonchev–Trinajstić information content (AvgIpc) is 2.64. The minimum Gasteiger partial charge on any atom is -0.376 e. The maximum absolute atomic E-state index is 5.87. The summed E-state index contributed by atoms with van der Waals surface area (Å²) in [5, 5.41) is 3.75. The van der Waals surface area contributed by atoms with Crippen LogP contribution >= 0.6 is 0 Å². The molecular weight excluding hydrogens is 236 g/mol. The summed E-state index contributed by atoms with van der Waals surface area (Å²) in [4.78, 5) is 2.77. The Bertz CT molecular complexity index is 259. The number of hydrogen-bond donors (Lipinski definition) is 1. The van der Waals surface area contributed by atoms with Gasteiger partial charge in [0.2, 0.25) is 0 Å². The number of nitrogens with one attached hydrogen (secondary N) is 1. The van der Waals surface area contributed by atoms with E-state index in [1.165, 1.54) is 38.5 Å². The molecule has 1 saturated heterocycles. The van der Waals surface area contributed by atoms with Crippen molar-refractivity contribution < 1.29 is 4.74 Å². The second-order valence-corrected chi connectivity index (χ2v) is 6.27. The molecule has 1 aliphatic heterocycles. The van der Waals surface area contributed by atoms with Crippen molar-refractivity contribution in [2.75, 3.05) is 19.7 Å². The van der Waals surface area contributed by atoms with E-state index in [0.29, 0.717) is 18.2 Å². The molecule has 0 bridgehead atoms. The van der Waals surface area contributed by atoms with Crippen LogP contribution in [0.25, 0.3) is 0 Å². The first-order chi connectivity index (χ1) is 9.26. The summed E-state index contributed by atoms with van der Waals surface area (Å²) >= 11 is 0. The molecule has 3 heteroatoms. The van der Waals surface area contributed by atoms with Gasteiger partial charge in [0.25, 0.3) is 0 Å². The first-order valence-corrected chi connectivity index (χ1v) is 8.37. The molecule has 0 aromatic heterocycles. The SMILES string of the molecule is CCNC1CCCCCC1N1CC(C)OCC1CC. The highest BCUT2D eigenvalue weighted by atomic mass is 16.5. The molecule has 112 valence electrons. The van der Waals surface area contributed by atoms with Crippen LogP contribution in [0.5, 0.6) is 0 Å². The molecular formula is C16H32N2O. The lowest BCUT2D eigenvalue weighted by Crippen LogP contribution is -2.58. The highest BCUT2D eigenvalue weighted by Crippen LogP contribution is 2.27. The molecule has 0 radical (unpaired) electrons. The number of morpholine rings is 1. The van der Waals surface area contributed by atoms with Gasteiger partial charge in [-0.3, -0.25) is 4.90 Å². The van der Waals surface area contributed by atoms with Crippen LogP contribution in [0.15, 0.2) is 0 Å². The molecule has 1 heterocycles. The summed E-state index contributed by atoms with van der Waals surface area (Å²) in [6.45, 7) is 9.89. The van der Waals surface area contributed by atoms with E-state index in [9.17, 15) is 0 Å². The van der Waals surface area contributed by atoms with Gasteiger partial charge in [0.05, 0.1) is 12.7 Å². The van der Waals surface area contributed by atoms with Crippen LogP contribution in [0.2, 0.25) is 0 Å². The largest absolute Gasteiger partial charge is 0.376 e. The van der Waals surface area contributed by atoms with Crippen LogP contribution in [-0.4, -0.2) is 48.8 Å². The van der Waals surface area contributed by atoms with Crippen molar-refractivity contribution in [2.24, 2.45) is 0 Å². The van der Waals surface area contributed by atoms with Crippen LogP contribution in [0.3, 0.4) is 0 Å². The molecule has 2 rings (SSSR count). The van der Waals surface area contributed by atoms with E-state index in [1.807, 2.05) is 0 Å². The smallest absolute Gasteiger partial charge is 0.0674 e. The molecule has 19 heavy (non-hydrogen) atoms. The minimum atomic E-state index is 0.397. The molecule has 2 aliphatic rings. The summed E-state index contributed by atoms with van der Waals surface area (Å²) < 4.78 is 5.87. The van der Waals surface area contributed by atoms with Crippen molar-refractivity contribution in [1.82, 2.24) is 10.2 Å². The predicted octanol–water partition coefficient (Wildman–Crippen LogP) is 2.80. The van der Waals surface area contributed by atoms with Gasteiger partial charge < -0.3 is 10.1 Å². The Kier molecular flexibility index (Phi) is 6.11. The topological polar surface area (TPSA) is 24.5 Å². The van der Waals surface area contributed by atoms with Crippen molar-refractivity contribution in [3.63, 3.8) is 0 Å². The van der Waals surface area contributed by atoms with Gasteiger partial charge in [-0.15, -0.1) is 0 Å². The van der Waals surface area contributed by atoms with Gasteiger partial charge in [-0.25, -0.2) is 0 Å². The first kappa shape index (κ1) is 15.3. The molecule has 0 aromatic rings. The van der Waals surface area contributed by atoms with E-state index in [0.717, 1.165) is 25.7 Å². The van der Waals surface area contributed by atoms with Crippen molar-refractivity contribution in [3.8, 4) is 0 Å². The Labute approximate surface area is 119 Å². The van der Waals surface area contributed by atoms with Gasteiger partial charge in [0.1, 0.15) is 0 Å². The molecule has 2 fully saturated rings. The van der Waals surface area contributed by atoms with Gasteiger partial charge >= 0.3 is 0 Å². The summed E-state index contributed by atoms with van der Waals surface area (Å²) in [6.07, 6.45) is 8.52. The molecule has 0 aromatic carbocycles. The van der Waals surface area contributed by atoms with Crippen LogP contribution in [0.4, 0.5) is 0 Å². The van der Waals surface area contributed by atoms with Gasteiger partial charge in [-0.05, 0) is 32.7 Å². The minimum absolute atomic E-state index is 0.397. The van der Waals surface area contributed by atoms with Crippen molar-refractivity contribution in [1.29, 1.82) is 0 Å². The van der Waals surface area contributed by atoms with Crippen LogP contribution in [-0.2, 0) is 4.74 Å². The Morgan fingerprint density at radius 1 is 1.16 bits per heavy atom. The van der Waals surface area contributed by atoms with Gasteiger partial charge in [0.15, 0.2) is 0 Å². The maximum Gasteiger partial charge on any atom is 0.0674 e. The third-order valence-electron chi connectivity index (χ3n) is 4.85. The molecule has 3 nitrogen and oxygen atoms in total. The molecule has 0 spiro atoms. The molecule has 0 amide bonds. The normalized spacial score (nSPS) is 38.1. The predicted molar refractivity (Wildman–Crippen MR) is 80.5 cm³/mol. The molecule has 1 aliphatic carbocycles. The number of hydrogen-bond acceptors (Lipinski definition) is 3. The van der Waals surface area contributed by atoms with E-state index < -0.39 is 0 Å². The zero-order valence-electron chi connectivity index (χ0n) is 13.0. The van der Waals surface area contributed by atoms with Gasteiger partial charge in [-0.2, -0.15) is 0 Å². The van der Waals surface area contributed by atoms with Crippen LogP contribution < -0.4 is 5.32 Å². The number of nitrogens with zero attached hydrogens (tertiary/aromatic N) is 1. The molecule has 4 atom stereocenters. The summed E-state index contributed by atoms with van der Waals surface area (Å²) in [6, 6.07) is 2.03. The monoisotopic (exact) mass is 268 g/mol. The summed E-state index contributed by atoms with van der Waals surface area (Å²) in [5.41, 5.74) is 0. The Morgan fingerprint density at radius 2 is 1.95 bits per heavy atom. The fourth-order valence-corrected chi connectivity index (χ4v) is 3.81. The highest BCUT2D eigenvalue weighted by molar-refractivity contribution is 4.92. The van der Waals surface area contributed by atoms with Gasteiger partial charge in [0, 0.05) is 24.7 Å². The summed E-state index contributed by atoms with van der Waals surface area (Å²) in [5.74, 6) is 0. The zero-order valence-corrected chi connectivity index (χ0v) is 13.0. The van der Waals surface area contributed by atoms with E-state index >= 15 is 0 Å². The molecule has 1 saturated carbocycles. The Hall–Kier alpha value is -0.120. The lowest BCUT2D eigenvalue weighted by molar-refractivity contribution is -0.0787. The van der Waals surface area contributed by atoms with E-state index in [4.69, 9.17) is 4.74 Å². The average molecular weight is 268 g/mol. The van der Waals surface area contributed by atoms with Crippen molar-refractivity contribution >= 4 is 0 Å². The lowest BCUT2D eigenvalue weighted by Gasteiger charge is -2.45. The van der Waals surface area contributed by atoms with Crippen molar-refractivity contribution in [2.45, 2.75) is 83.5 Å². The molecule has 4 unspecified atom stereocenters. The third-order valence-corrected chi connectivity index (χ3v) is 4.85. The second-order valence-electron chi connectivity index (χ2n) is 6.27. The number of ether oxygens (including phenoxy) is 1. The van der Waals surface area contributed by atoms with Crippen LogP contribution in [0.1, 0.15) is 59.3 Å². The summed E-state index contributed by atoms with van der Waals surface area (Å²) in [7, 11) is 0. The third kappa shape index (κ3) is 3.93. The number of rotatable bonds is 4. The van der Waals surface area contributed by atoms with E-state index in [2.05, 4.69) is 31.0 Å². The van der Waals surface area contributed by atoms with Crippen molar-refractivity contribution in [3.05, 3.63) is 0 Å². The second kappa shape index (κ2) is 7.61. The van der Waals surface area contributed by atoms with Gasteiger partial charge in [-0.1, -0.05) is 33.1 Å². The van der Waals surface area contributed by atoms with Crippen LogP contribution in [0, 0.1) is 0 Å². The Morgan fingerprint density at radius 3 is 2.68 bits per heavy atom. The first-order valence-electron chi connectivity index (χ1n) is 8.37. The lowest BCUT2D eigenvalue weighted by atomic mass is 9.97. The molecule has 1 N–H and O–H groups in total. The zero-order chi connectivity index (χ0) is 13.7. The fraction of sp³-hybridized carbons (Fsp3) is 1.00.